The van der Waals surface area contributed by atoms with Crippen LogP contribution in [-0.2, 0) is 16.0 Å². The van der Waals surface area contributed by atoms with Crippen LogP contribution in [0.2, 0.25) is 0 Å². The SMILES string of the molecule is Cc1cc(C)c(C(=O)OCC(=O)NCCc2ccccc2)c(C)c1. The van der Waals surface area contributed by atoms with Crippen LogP contribution in [0.4, 0.5) is 0 Å². The molecule has 0 spiro atoms. The molecule has 0 saturated carbocycles. The zero-order chi connectivity index (χ0) is 17.5. The van der Waals surface area contributed by atoms with Gasteiger partial charge in [-0.3, -0.25) is 4.79 Å². The molecule has 4 heteroatoms. The molecule has 0 aliphatic heterocycles. The van der Waals surface area contributed by atoms with Crippen molar-refractivity contribution in [2.75, 3.05) is 13.2 Å². The van der Waals surface area contributed by atoms with Gasteiger partial charge in [0.05, 0.1) is 5.56 Å². The molecule has 0 bridgehead atoms. The molecule has 2 rings (SSSR count). The van der Waals surface area contributed by atoms with E-state index in [0.29, 0.717) is 12.1 Å². The number of esters is 1. The number of carbonyl (C=O) groups is 2. The fraction of sp³-hybridized carbons (Fsp3) is 0.300. The largest absolute Gasteiger partial charge is 0.452 e. The Hall–Kier alpha value is -2.62. The minimum atomic E-state index is -0.455. The van der Waals surface area contributed by atoms with Crippen LogP contribution in [0.3, 0.4) is 0 Å². The minimum Gasteiger partial charge on any atom is -0.452 e. The average Bonchev–Trinajstić information content (AvgIpc) is 2.53. The Morgan fingerprint density at radius 3 is 2.25 bits per heavy atom. The summed E-state index contributed by atoms with van der Waals surface area (Å²) in [4.78, 5) is 24.0. The molecule has 2 aromatic carbocycles. The van der Waals surface area contributed by atoms with Crippen LogP contribution >= 0.6 is 0 Å². The molecule has 0 heterocycles. The molecule has 0 aliphatic carbocycles. The molecule has 0 aromatic heterocycles. The Labute approximate surface area is 142 Å². The summed E-state index contributed by atoms with van der Waals surface area (Å²) in [7, 11) is 0. The highest BCUT2D eigenvalue weighted by atomic mass is 16.5. The molecule has 0 aliphatic rings. The lowest BCUT2D eigenvalue weighted by atomic mass is 10.00. The number of ether oxygens (including phenoxy) is 1. The van der Waals surface area contributed by atoms with Crippen molar-refractivity contribution >= 4 is 11.9 Å². The molecule has 1 N–H and O–H groups in total. The van der Waals surface area contributed by atoms with E-state index in [4.69, 9.17) is 4.74 Å². The van der Waals surface area contributed by atoms with Crippen molar-refractivity contribution in [3.63, 3.8) is 0 Å². The first-order chi connectivity index (χ1) is 11.5. The zero-order valence-corrected chi connectivity index (χ0v) is 14.4. The standard InChI is InChI=1S/C20H23NO3/c1-14-11-15(2)19(16(3)12-14)20(23)24-13-18(22)21-10-9-17-7-5-4-6-8-17/h4-8,11-12H,9-10,13H2,1-3H3,(H,21,22). The lowest BCUT2D eigenvalue weighted by molar-refractivity contribution is -0.124. The van der Waals surface area contributed by atoms with Crippen LogP contribution in [0.5, 0.6) is 0 Å². The van der Waals surface area contributed by atoms with Gasteiger partial charge in [0.15, 0.2) is 6.61 Å². The van der Waals surface area contributed by atoms with Crippen LogP contribution < -0.4 is 5.32 Å². The van der Waals surface area contributed by atoms with Gasteiger partial charge in [-0.15, -0.1) is 0 Å². The Bertz CT molecular complexity index is 700. The molecule has 24 heavy (non-hydrogen) atoms. The van der Waals surface area contributed by atoms with Gasteiger partial charge in [-0.25, -0.2) is 4.79 Å². The number of aryl methyl sites for hydroxylation is 3. The summed E-state index contributed by atoms with van der Waals surface area (Å²) in [5, 5.41) is 2.76. The van der Waals surface area contributed by atoms with Crippen molar-refractivity contribution in [3.8, 4) is 0 Å². The van der Waals surface area contributed by atoms with Crippen molar-refractivity contribution in [2.45, 2.75) is 27.2 Å². The number of carbonyl (C=O) groups excluding carboxylic acids is 2. The molecule has 2 aromatic rings. The second kappa shape index (κ2) is 8.29. The van der Waals surface area contributed by atoms with E-state index in [2.05, 4.69) is 5.32 Å². The van der Waals surface area contributed by atoms with Crippen molar-refractivity contribution in [1.29, 1.82) is 0 Å². The summed E-state index contributed by atoms with van der Waals surface area (Å²) in [5.41, 5.74) is 4.52. The molecular weight excluding hydrogens is 302 g/mol. The van der Waals surface area contributed by atoms with E-state index >= 15 is 0 Å². The zero-order valence-electron chi connectivity index (χ0n) is 14.4. The highest BCUT2D eigenvalue weighted by Crippen LogP contribution is 2.17. The van der Waals surface area contributed by atoms with Crippen LogP contribution in [0.25, 0.3) is 0 Å². The van der Waals surface area contributed by atoms with Gasteiger partial charge in [0.25, 0.3) is 5.91 Å². The van der Waals surface area contributed by atoms with Crippen LogP contribution in [0, 0.1) is 20.8 Å². The smallest absolute Gasteiger partial charge is 0.339 e. The van der Waals surface area contributed by atoms with Crippen molar-refractivity contribution < 1.29 is 14.3 Å². The Morgan fingerprint density at radius 1 is 1.00 bits per heavy atom. The second-order valence-corrected chi connectivity index (χ2v) is 5.94. The molecule has 1 amide bonds. The highest BCUT2D eigenvalue weighted by molar-refractivity contribution is 5.94. The first kappa shape index (κ1) is 17.7. The predicted molar refractivity (Wildman–Crippen MR) is 94.1 cm³/mol. The average molecular weight is 325 g/mol. The number of hydrogen-bond donors (Lipinski definition) is 1. The van der Waals surface area contributed by atoms with Crippen molar-refractivity contribution in [1.82, 2.24) is 5.32 Å². The van der Waals surface area contributed by atoms with Gasteiger partial charge in [0.2, 0.25) is 0 Å². The van der Waals surface area contributed by atoms with Crippen molar-refractivity contribution in [2.24, 2.45) is 0 Å². The lowest BCUT2D eigenvalue weighted by Gasteiger charge is -2.11. The molecule has 4 nitrogen and oxygen atoms in total. The monoisotopic (exact) mass is 325 g/mol. The van der Waals surface area contributed by atoms with E-state index < -0.39 is 5.97 Å². The third-order valence-corrected chi connectivity index (χ3v) is 3.79. The maximum Gasteiger partial charge on any atom is 0.339 e. The number of rotatable bonds is 6. The summed E-state index contributed by atoms with van der Waals surface area (Å²) in [5.74, 6) is -0.745. The molecule has 0 unspecified atom stereocenters. The molecule has 0 fully saturated rings. The first-order valence-corrected chi connectivity index (χ1v) is 8.03. The summed E-state index contributed by atoms with van der Waals surface area (Å²) >= 11 is 0. The molecule has 0 radical (unpaired) electrons. The molecule has 0 saturated heterocycles. The van der Waals surface area contributed by atoms with Gasteiger partial charge in [-0.05, 0) is 43.9 Å². The van der Waals surface area contributed by atoms with Gasteiger partial charge >= 0.3 is 5.97 Å². The maximum absolute atomic E-state index is 12.2. The number of benzene rings is 2. The maximum atomic E-state index is 12.2. The van der Waals surface area contributed by atoms with E-state index in [1.54, 1.807) is 0 Å². The third-order valence-electron chi connectivity index (χ3n) is 3.79. The van der Waals surface area contributed by atoms with Gasteiger partial charge in [-0.1, -0.05) is 48.0 Å². The van der Waals surface area contributed by atoms with E-state index in [9.17, 15) is 9.59 Å². The highest BCUT2D eigenvalue weighted by Gasteiger charge is 2.15. The van der Waals surface area contributed by atoms with E-state index in [0.717, 1.165) is 28.7 Å². The van der Waals surface area contributed by atoms with Crippen LogP contribution in [-0.4, -0.2) is 25.0 Å². The predicted octanol–water partition coefficient (Wildman–Crippen LogP) is 3.13. The summed E-state index contributed by atoms with van der Waals surface area (Å²) in [6, 6.07) is 13.8. The van der Waals surface area contributed by atoms with Gasteiger partial charge in [0.1, 0.15) is 0 Å². The summed E-state index contributed by atoms with van der Waals surface area (Å²) in [6.07, 6.45) is 0.747. The Kier molecular flexibility index (Phi) is 6.13. The Morgan fingerprint density at radius 2 is 1.62 bits per heavy atom. The van der Waals surface area contributed by atoms with E-state index in [-0.39, 0.29) is 12.5 Å². The molecular formula is C20H23NO3. The topological polar surface area (TPSA) is 55.4 Å². The van der Waals surface area contributed by atoms with Crippen molar-refractivity contribution in [3.05, 3.63) is 70.3 Å². The van der Waals surface area contributed by atoms with Gasteiger partial charge < -0.3 is 10.1 Å². The van der Waals surface area contributed by atoms with Crippen LogP contribution in [0.1, 0.15) is 32.6 Å². The minimum absolute atomic E-state index is 0.264. The first-order valence-electron chi connectivity index (χ1n) is 8.03. The summed E-state index contributed by atoms with van der Waals surface area (Å²) in [6.45, 7) is 5.98. The van der Waals surface area contributed by atoms with E-state index in [1.807, 2.05) is 63.2 Å². The van der Waals surface area contributed by atoms with E-state index in [1.165, 1.54) is 0 Å². The number of amides is 1. The number of hydrogen-bond acceptors (Lipinski definition) is 3. The quantitative estimate of drug-likeness (QED) is 0.830. The molecule has 126 valence electrons. The second-order valence-electron chi connectivity index (χ2n) is 5.94. The van der Waals surface area contributed by atoms with Gasteiger partial charge in [-0.2, -0.15) is 0 Å². The van der Waals surface area contributed by atoms with Gasteiger partial charge in [0, 0.05) is 6.54 Å². The van der Waals surface area contributed by atoms with Crippen LogP contribution in [0.15, 0.2) is 42.5 Å². The Balaban J connectivity index is 1.80. The number of nitrogens with one attached hydrogen (secondary N) is 1. The lowest BCUT2D eigenvalue weighted by Crippen LogP contribution is -2.30. The summed E-state index contributed by atoms with van der Waals surface area (Å²) < 4.78 is 5.14. The fourth-order valence-electron chi connectivity index (χ4n) is 2.75. The normalized spacial score (nSPS) is 10.3. The fourth-order valence-corrected chi connectivity index (χ4v) is 2.75. The molecule has 0 atom stereocenters. The third kappa shape index (κ3) is 4.95.